The summed E-state index contributed by atoms with van der Waals surface area (Å²) in [4.78, 5) is 31.3. The minimum absolute atomic E-state index is 0.00338. The minimum Gasteiger partial charge on any atom is -0.477 e. The van der Waals surface area contributed by atoms with Gasteiger partial charge in [0.05, 0.1) is 18.3 Å². The third-order valence-electron chi connectivity index (χ3n) is 7.38. The highest BCUT2D eigenvalue weighted by molar-refractivity contribution is 7.18. The molecule has 1 amide bonds. The Kier molecular flexibility index (Phi) is 7.30. The number of carbonyl (C=O) groups excluding carboxylic acids is 1. The van der Waals surface area contributed by atoms with Gasteiger partial charge in [0, 0.05) is 18.0 Å². The lowest BCUT2D eigenvalue weighted by molar-refractivity contribution is -0.122. The number of benzene rings is 2. The Labute approximate surface area is 211 Å². The number of thiophene rings is 1. The zero-order valence-corrected chi connectivity index (χ0v) is 20.8. The summed E-state index contributed by atoms with van der Waals surface area (Å²) in [5.74, 6) is -0.553. The average molecular weight is 489 g/mol. The molecule has 2 aromatic carbocycles. The van der Waals surface area contributed by atoms with Gasteiger partial charge in [-0.3, -0.25) is 9.69 Å². The van der Waals surface area contributed by atoms with Crippen LogP contribution in [0, 0.1) is 5.92 Å². The van der Waals surface area contributed by atoms with Crippen molar-refractivity contribution in [3.8, 4) is 10.4 Å². The first-order valence-electron chi connectivity index (χ1n) is 12.6. The van der Waals surface area contributed by atoms with E-state index in [1.807, 2.05) is 47.4 Å². The zero-order chi connectivity index (χ0) is 24.2. The number of anilines is 1. The molecule has 1 saturated carbocycles. The average Bonchev–Trinajstić information content (AvgIpc) is 3.34. The van der Waals surface area contributed by atoms with Gasteiger partial charge in [0.25, 0.3) is 0 Å². The van der Waals surface area contributed by atoms with Gasteiger partial charge in [0.2, 0.25) is 5.91 Å². The summed E-state index contributed by atoms with van der Waals surface area (Å²) in [6.07, 6.45) is 6.70. The quantitative estimate of drug-likeness (QED) is 0.446. The molecule has 35 heavy (non-hydrogen) atoms. The summed E-state index contributed by atoms with van der Waals surface area (Å²) in [7, 11) is 0. The van der Waals surface area contributed by atoms with Crippen molar-refractivity contribution in [3.63, 3.8) is 0 Å². The van der Waals surface area contributed by atoms with Crippen LogP contribution in [0.1, 0.15) is 47.3 Å². The van der Waals surface area contributed by atoms with Gasteiger partial charge >= 0.3 is 5.97 Å². The van der Waals surface area contributed by atoms with E-state index in [9.17, 15) is 14.7 Å². The largest absolute Gasteiger partial charge is 0.477 e. The molecule has 1 saturated heterocycles. The lowest BCUT2D eigenvalue weighted by Crippen LogP contribution is -2.60. The Morgan fingerprint density at radius 2 is 1.66 bits per heavy atom. The van der Waals surface area contributed by atoms with Crippen LogP contribution >= 0.6 is 11.3 Å². The molecular formula is C29H32N2O3S. The van der Waals surface area contributed by atoms with Crippen LogP contribution in [0.3, 0.4) is 0 Å². The zero-order valence-electron chi connectivity index (χ0n) is 19.9. The highest BCUT2D eigenvalue weighted by Gasteiger charge is 2.40. The van der Waals surface area contributed by atoms with Crippen LogP contribution in [-0.2, 0) is 11.2 Å². The molecule has 2 heterocycles. The van der Waals surface area contributed by atoms with E-state index < -0.39 is 5.97 Å². The highest BCUT2D eigenvalue weighted by atomic mass is 32.1. The van der Waals surface area contributed by atoms with E-state index in [-0.39, 0.29) is 16.8 Å². The van der Waals surface area contributed by atoms with Crippen molar-refractivity contribution in [2.75, 3.05) is 24.5 Å². The molecule has 0 radical (unpaired) electrons. The lowest BCUT2D eigenvalue weighted by Gasteiger charge is -2.45. The molecule has 1 N–H and O–H groups in total. The van der Waals surface area contributed by atoms with Crippen LogP contribution in [0.4, 0.5) is 5.69 Å². The van der Waals surface area contributed by atoms with E-state index in [1.165, 1.54) is 36.2 Å². The van der Waals surface area contributed by atoms with Gasteiger partial charge in [-0.1, -0.05) is 79.9 Å². The second-order valence-corrected chi connectivity index (χ2v) is 10.7. The van der Waals surface area contributed by atoms with Crippen molar-refractivity contribution in [1.82, 2.24) is 4.90 Å². The molecule has 1 unspecified atom stereocenters. The fourth-order valence-corrected chi connectivity index (χ4v) is 6.61. The molecule has 3 aromatic rings. The molecule has 0 spiro atoms. The number of carboxylic acid groups (broad SMARTS) is 1. The molecule has 5 rings (SSSR count). The van der Waals surface area contributed by atoms with Crippen LogP contribution in [0.25, 0.3) is 10.4 Å². The minimum atomic E-state index is -0.964. The van der Waals surface area contributed by atoms with Crippen molar-refractivity contribution in [2.45, 2.75) is 44.6 Å². The molecular weight excluding hydrogens is 456 g/mol. The van der Waals surface area contributed by atoms with E-state index in [1.54, 1.807) is 0 Å². The number of carboxylic acids is 1. The summed E-state index contributed by atoms with van der Waals surface area (Å²) >= 11 is 1.27. The van der Waals surface area contributed by atoms with Crippen LogP contribution < -0.4 is 4.90 Å². The van der Waals surface area contributed by atoms with Gasteiger partial charge in [0.1, 0.15) is 4.88 Å². The number of hydrogen-bond donors (Lipinski definition) is 1. The Balaban J connectivity index is 1.45. The Hall–Kier alpha value is -2.96. The van der Waals surface area contributed by atoms with Crippen molar-refractivity contribution in [2.24, 2.45) is 5.92 Å². The lowest BCUT2D eigenvalue weighted by atomic mass is 9.82. The molecule has 1 aromatic heterocycles. The van der Waals surface area contributed by atoms with Crippen molar-refractivity contribution in [3.05, 3.63) is 77.2 Å². The van der Waals surface area contributed by atoms with Crippen molar-refractivity contribution >= 4 is 28.9 Å². The van der Waals surface area contributed by atoms with E-state index in [4.69, 9.17) is 0 Å². The first kappa shape index (κ1) is 23.8. The number of nitrogens with zero attached hydrogens (tertiary/aromatic N) is 2. The van der Waals surface area contributed by atoms with Gasteiger partial charge in [-0.15, -0.1) is 11.3 Å². The van der Waals surface area contributed by atoms with E-state index in [0.29, 0.717) is 18.2 Å². The van der Waals surface area contributed by atoms with E-state index in [0.717, 1.165) is 42.8 Å². The van der Waals surface area contributed by atoms with Gasteiger partial charge in [-0.05, 0) is 42.4 Å². The maximum absolute atomic E-state index is 13.7. The molecule has 2 aliphatic rings. The maximum Gasteiger partial charge on any atom is 0.348 e. The van der Waals surface area contributed by atoms with Gasteiger partial charge < -0.3 is 10.0 Å². The molecule has 5 nitrogen and oxygen atoms in total. The normalized spacial score (nSPS) is 19.7. The molecule has 182 valence electrons. The van der Waals surface area contributed by atoms with Crippen molar-refractivity contribution in [1.29, 1.82) is 0 Å². The summed E-state index contributed by atoms with van der Waals surface area (Å²) in [5.41, 5.74) is 2.83. The Morgan fingerprint density at radius 1 is 0.971 bits per heavy atom. The van der Waals surface area contributed by atoms with E-state index in [2.05, 4.69) is 29.2 Å². The van der Waals surface area contributed by atoms with Crippen LogP contribution in [0.5, 0.6) is 0 Å². The molecule has 2 fully saturated rings. The molecule has 1 aliphatic carbocycles. The predicted octanol–water partition coefficient (Wildman–Crippen LogP) is 5.95. The highest BCUT2D eigenvalue weighted by Crippen LogP contribution is 2.41. The topological polar surface area (TPSA) is 60.9 Å². The second kappa shape index (κ2) is 10.8. The van der Waals surface area contributed by atoms with Gasteiger partial charge in [-0.25, -0.2) is 4.79 Å². The van der Waals surface area contributed by atoms with Crippen molar-refractivity contribution < 1.29 is 14.7 Å². The first-order valence-corrected chi connectivity index (χ1v) is 13.4. The van der Waals surface area contributed by atoms with E-state index >= 15 is 0 Å². The summed E-state index contributed by atoms with van der Waals surface area (Å²) in [6.45, 7) is 1.95. The maximum atomic E-state index is 13.7. The third kappa shape index (κ3) is 5.34. The molecule has 1 atom stereocenters. The van der Waals surface area contributed by atoms with Crippen LogP contribution in [-0.4, -0.2) is 47.6 Å². The van der Waals surface area contributed by atoms with Crippen LogP contribution in [0.15, 0.2) is 66.7 Å². The second-order valence-electron chi connectivity index (χ2n) is 9.70. The molecule has 6 heteroatoms. The third-order valence-corrected chi connectivity index (χ3v) is 8.54. The predicted molar refractivity (Wildman–Crippen MR) is 141 cm³/mol. The molecule has 0 bridgehead atoms. The number of piperazine rings is 1. The number of carbonyl (C=O) groups is 2. The SMILES string of the molecule is O=C(O)c1sc(-c2ccccc2)cc1N1C(=O)CN(CCc2ccccc2)CC1C1CCCCC1. The smallest absolute Gasteiger partial charge is 0.348 e. The van der Waals surface area contributed by atoms with Gasteiger partial charge in [-0.2, -0.15) is 0 Å². The van der Waals surface area contributed by atoms with Crippen LogP contribution in [0.2, 0.25) is 0 Å². The number of amides is 1. The molecule has 1 aliphatic heterocycles. The Morgan fingerprint density at radius 3 is 2.34 bits per heavy atom. The fourth-order valence-electron chi connectivity index (χ4n) is 5.62. The number of rotatable bonds is 7. The Bertz CT molecular complexity index is 1160. The first-order chi connectivity index (χ1) is 17.1. The monoisotopic (exact) mass is 488 g/mol. The number of aromatic carboxylic acids is 1. The van der Waals surface area contributed by atoms with Gasteiger partial charge in [0.15, 0.2) is 0 Å². The summed E-state index contributed by atoms with van der Waals surface area (Å²) < 4.78 is 0. The summed E-state index contributed by atoms with van der Waals surface area (Å²) in [6, 6.07) is 22.2. The number of hydrogen-bond acceptors (Lipinski definition) is 4. The fraction of sp³-hybridized carbons (Fsp3) is 0.379. The standard InChI is InChI=1S/C29H32N2O3S/c32-27-20-30(17-16-21-10-4-1-5-11-21)19-25(22-12-6-2-7-13-22)31(27)24-18-26(35-28(24)29(33)34)23-14-8-3-9-15-23/h1,3-5,8-11,14-15,18,22,25H,2,6-7,12-13,16-17,19-20H2,(H,33,34). The summed E-state index contributed by atoms with van der Waals surface area (Å²) in [5, 5.41) is 10.1.